The van der Waals surface area contributed by atoms with Crippen LogP contribution in [0.5, 0.6) is 0 Å². The topological polar surface area (TPSA) is 64.3 Å². The van der Waals surface area contributed by atoms with Crippen molar-refractivity contribution in [3.05, 3.63) is 79.4 Å². The summed E-state index contributed by atoms with van der Waals surface area (Å²) in [6.07, 6.45) is 1.40. The number of benzene rings is 2. The monoisotopic (exact) mass is 424 g/mol. The summed E-state index contributed by atoms with van der Waals surface area (Å²) < 4.78 is 30.7. The van der Waals surface area contributed by atoms with Crippen LogP contribution in [-0.2, 0) is 9.84 Å². The zero-order chi connectivity index (χ0) is 17.3. The molecule has 3 aromatic rings. The van der Waals surface area contributed by atoms with Crippen LogP contribution in [0.3, 0.4) is 0 Å². The number of fused-ring (bicyclic) bond motifs is 1. The molecule has 0 atom stereocenters. The molecule has 7 heteroatoms. The van der Waals surface area contributed by atoms with E-state index >= 15 is 0 Å². The Kier molecular flexibility index (Phi) is 4.62. The van der Waals surface area contributed by atoms with Crippen molar-refractivity contribution in [2.75, 3.05) is 0 Å². The summed E-state index contributed by atoms with van der Waals surface area (Å²) in [5.74, 6) is 0. The number of rotatable bonds is 3. The third kappa shape index (κ3) is 3.61. The number of sulfone groups is 1. The van der Waals surface area contributed by atoms with Crippen LogP contribution in [0.25, 0.3) is 17.0 Å². The van der Waals surface area contributed by atoms with Crippen LogP contribution in [-0.4, -0.2) is 8.42 Å². The van der Waals surface area contributed by atoms with E-state index in [2.05, 4.69) is 15.9 Å². The van der Waals surface area contributed by atoms with Crippen molar-refractivity contribution in [3.63, 3.8) is 0 Å². The fraction of sp³-hybridized carbons (Fsp3) is 0. The van der Waals surface area contributed by atoms with Crippen LogP contribution < -0.4 is 5.63 Å². The quantitative estimate of drug-likeness (QED) is 0.573. The second kappa shape index (κ2) is 6.55. The van der Waals surface area contributed by atoms with E-state index in [0.29, 0.717) is 21.6 Å². The van der Waals surface area contributed by atoms with Gasteiger partial charge in [-0.3, -0.25) is 0 Å². The minimum Gasteiger partial charge on any atom is -0.422 e. The molecule has 0 spiro atoms. The summed E-state index contributed by atoms with van der Waals surface area (Å²) in [5, 5.41) is 2.05. The van der Waals surface area contributed by atoms with Crippen molar-refractivity contribution in [2.24, 2.45) is 0 Å². The molecular formula is C17H10BrClO4S. The van der Waals surface area contributed by atoms with Gasteiger partial charge in [0.1, 0.15) is 5.58 Å². The Morgan fingerprint density at radius 2 is 1.75 bits per heavy atom. The highest BCUT2D eigenvalue weighted by Gasteiger charge is 2.18. The van der Waals surface area contributed by atoms with Gasteiger partial charge in [0, 0.05) is 20.3 Å². The first-order chi connectivity index (χ1) is 11.3. The number of halogens is 2. The number of hydrogen-bond donors (Lipinski definition) is 0. The predicted molar refractivity (Wildman–Crippen MR) is 97.9 cm³/mol. The maximum Gasteiger partial charge on any atom is 0.355 e. The molecule has 0 saturated heterocycles. The average molecular weight is 426 g/mol. The van der Waals surface area contributed by atoms with Crippen LogP contribution in [0.4, 0.5) is 0 Å². The molecular weight excluding hydrogens is 416 g/mol. The minimum atomic E-state index is -3.94. The van der Waals surface area contributed by atoms with Crippen molar-refractivity contribution >= 4 is 54.4 Å². The smallest absolute Gasteiger partial charge is 0.355 e. The Labute approximate surface area is 151 Å². The third-order valence-corrected chi connectivity index (χ3v) is 5.42. The van der Waals surface area contributed by atoms with Gasteiger partial charge < -0.3 is 4.42 Å². The summed E-state index contributed by atoms with van der Waals surface area (Å²) >= 11 is 9.09. The zero-order valence-corrected chi connectivity index (χ0v) is 15.2. The van der Waals surface area contributed by atoms with Gasteiger partial charge in [0.25, 0.3) is 0 Å². The van der Waals surface area contributed by atoms with Gasteiger partial charge in [0.15, 0.2) is 4.90 Å². The van der Waals surface area contributed by atoms with Gasteiger partial charge in [-0.2, -0.15) is 0 Å². The number of hydrogen-bond acceptors (Lipinski definition) is 4. The molecule has 122 valence electrons. The standard InChI is InChI=1S/C17H10BrClO4S/c18-13-3-6-15-12(9-13)10-16(17(20)23-15)24(21,22)8-7-11-1-4-14(19)5-2-11/h1-10H/b8-7-. The van der Waals surface area contributed by atoms with Gasteiger partial charge in [-0.05, 0) is 48.0 Å². The second-order valence-corrected chi connectivity index (χ2v) is 8.13. The molecule has 0 N–H and O–H groups in total. The largest absolute Gasteiger partial charge is 0.422 e. The molecule has 0 aliphatic heterocycles. The van der Waals surface area contributed by atoms with Gasteiger partial charge in [-0.15, -0.1) is 0 Å². The normalized spacial score (nSPS) is 12.1. The zero-order valence-electron chi connectivity index (χ0n) is 12.1. The third-order valence-electron chi connectivity index (χ3n) is 3.28. The Morgan fingerprint density at radius 3 is 2.46 bits per heavy atom. The van der Waals surface area contributed by atoms with Gasteiger partial charge in [-0.1, -0.05) is 39.7 Å². The molecule has 24 heavy (non-hydrogen) atoms. The molecule has 0 aliphatic carbocycles. The average Bonchev–Trinajstić information content (AvgIpc) is 2.54. The summed E-state index contributed by atoms with van der Waals surface area (Å²) in [7, 11) is -3.94. The van der Waals surface area contributed by atoms with Crippen molar-refractivity contribution in [1.29, 1.82) is 0 Å². The highest BCUT2D eigenvalue weighted by molar-refractivity contribution is 9.10. The lowest BCUT2D eigenvalue weighted by atomic mass is 10.2. The maximum absolute atomic E-state index is 12.4. The Bertz CT molecular complexity index is 1100. The molecule has 0 bridgehead atoms. The Morgan fingerprint density at radius 1 is 1.04 bits per heavy atom. The Balaban J connectivity index is 2.06. The van der Waals surface area contributed by atoms with E-state index in [9.17, 15) is 13.2 Å². The molecule has 2 aromatic carbocycles. The molecule has 1 heterocycles. The predicted octanol–water partition coefficient (Wildman–Crippen LogP) is 4.65. The summed E-state index contributed by atoms with van der Waals surface area (Å²) in [6.45, 7) is 0. The molecule has 1 aromatic heterocycles. The lowest BCUT2D eigenvalue weighted by molar-refractivity contribution is 0.534. The highest BCUT2D eigenvalue weighted by atomic mass is 79.9. The fourth-order valence-corrected chi connectivity index (χ4v) is 3.64. The lowest BCUT2D eigenvalue weighted by Gasteiger charge is -2.01. The summed E-state index contributed by atoms with van der Waals surface area (Å²) in [6, 6.07) is 12.9. The van der Waals surface area contributed by atoms with Crippen LogP contribution in [0.1, 0.15) is 5.56 Å². The van der Waals surface area contributed by atoms with Gasteiger partial charge in [0.05, 0.1) is 0 Å². The second-order valence-electron chi connectivity index (χ2n) is 4.98. The molecule has 0 saturated carbocycles. The van der Waals surface area contributed by atoms with Crippen molar-refractivity contribution in [1.82, 2.24) is 0 Å². The molecule has 3 rings (SSSR count). The van der Waals surface area contributed by atoms with E-state index in [1.54, 1.807) is 42.5 Å². The van der Waals surface area contributed by atoms with E-state index in [4.69, 9.17) is 16.0 Å². The van der Waals surface area contributed by atoms with Crippen molar-refractivity contribution in [2.45, 2.75) is 4.90 Å². The van der Waals surface area contributed by atoms with Crippen molar-refractivity contribution < 1.29 is 12.8 Å². The van der Waals surface area contributed by atoms with Gasteiger partial charge in [-0.25, -0.2) is 13.2 Å². The first-order valence-electron chi connectivity index (χ1n) is 6.77. The molecule has 0 unspecified atom stereocenters. The molecule has 0 radical (unpaired) electrons. The molecule has 0 aliphatic rings. The summed E-state index contributed by atoms with van der Waals surface area (Å²) in [4.78, 5) is 11.6. The van der Waals surface area contributed by atoms with E-state index in [-0.39, 0.29) is 0 Å². The van der Waals surface area contributed by atoms with E-state index < -0.39 is 20.4 Å². The van der Waals surface area contributed by atoms with E-state index in [1.807, 2.05) is 0 Å². The van der Waals surface area contributed by atoms with Crippen LogP contribution in [0.15, 0.2) is 72.5 Å². The highest BCUT2D eigenvalue weighted by Crippen LogP contribution is 2.22. The maximum atomic E-state index is 12.4. The van der Waals surface area contributed by atoms with Crippen LogP contribution in [0, 0.1) is 0 Å². The van der Waals surface area contributed by atoms with Crippen LogP contribution >= 0.6 is 27.5 Å². The SMILES string of the molecule is O=c1oc2ccc(Br)cc2cc1S(=O)(=O)/C=C\c1ccc(Cl)cc1. The molecule has 0 fully saturated rings. The van der Waals surface area contributed by atoms with E-state index in [1.165, 1.54) is 12.1 Å². The summed E-state index contributed by atoms with van der Waals surface area (Å²) in [5.41, 5.74) is 0.0744. The van der Waals surface area contributed by atoms with Crippen LogP contribution in [0.2, 0.25) is 5.02 Å². The first kappa shape index (κ1) is 17.0. The lowest BCUT2D eigenvalue weighted by Crippen LogP contribution is -2.11. The van der Waals surface area contributed by atoms with Gasteiger partial charge >= 0.3 is 5.63 Å². The minimum absolute atomic E-state index is 0.323. The fourth-order valence-electron chi connectivity index (χ4n) is 2.09. The Hall–Kier alpha value is -1.89. The van der Waals surface area contributed by atoms with Gasteiger partial charge in [0.2, 0.25) is 9.84 Å². The van der Waals surface area contributed by atoms with E-state index in [0.717, 1.165) is 9.88 Å². The van der Waals surface area contributed by atoms with Crippen molar-refractivity contribution in [3.8, 4) is 0 Å². The molecule has 4 nitrogen and oxygen atoms in total. The molecule has 0 amide bonds. The first-order valence-corrected chi connectivity index (χ1v) is 9.49.